The first-order chi connectivity index (χ1) is 26.6. The van der Waals surface area contributed by atoms with Crippen molar-refractivity contribution >= 4 is 40.0 Å². The minimum atomic E-state index is -0.566. The van der Waals surface area contributed by atoms with Crippen LogP contribution < -0.4 is 20.6 Å². The minimum Gasteiger partial charge on any atom is -0.486 e. The van der Waals surface area contributed by atoms with Crippen LogP contribution in [0, 0.1) is 19.8 Å². The van der Waals surface area contributed by atoms with E-state index in [1.807, 2.05) is 48.7 Å². The van der Waals surface area contributed by atoms with Gasteiger partial charge < -0.3 is 32.9 Å². The van der Waals surface area contributed by atoms with Gasteiger partial charge in [-0.1, -0.05) is 30.3 Å². The molecule has 0 atom stereocenters. The maximum atomic E-state index is 12.9. The van der Waals surface area contributed by atoms with Gasteiger partial charge in [-0.2, -0.15) is 0 Å². The van der Waals surface area contributed by atoms with Gasteiger partial charge in [-0.25, -0.2) is 9.59 Å². The van der Waals surface area contributed by atoms with E-state index in [2.05, 4.69) is 21.8 Å². The van der Waals surface area contributed by atoms with Crippen molar-refractivity contribution in [3.8, 4) is 11.5 Å². The Kier molecular flexibility index (Phi) is 12.5. The van der Waals surface area contributed by atoms with Gasteiger partial charge in [0.15, 0.2) is 11.5 Å². The summed E-state index contributed by atoms with van der Waals surface area (Å²) in [6.45, 7) is 8.79. The first-order valence-electron chi connectivity index (χ1n) is 18.6. The molecule has 3 aromatic carbocycles. The monoisotopic (exact) mass is 749 g/mol. The minimum absolute atomic E-state index is 0.0414. The number of benzene rings is 3. The second-order valence-corrected chi connectivity index (χ2v) is 14.1. The Labute approximate surface area is 319 Å². The molecule has 4 heterocycles. The number of carbonyl (C=O) groups is 3. The van der Waals surface area contributed by atoms with E-state index in [9.17, 15) is 24.0 Å². The Morgan fingerprint density at radius 1 is 0.745 bits per heavy atom. The van der Waals surface area contributed by atoms with Crippen molar-refractivity contribution in [3.63, 3.8) is 0 Å². The summed E-state index contributed by atoms with van der Waals surface area (Å²) in [7, 11) is 2.61. The van der Waals surface area contributed by atoms with E-state index in [0.29, 0.717) is 48.4 Å². The molecule has 12 heteroatoms. The third kappa shape index (κ3) is 8.97. The average molecular weight is 750 g/mol. The normalized spacial score (nSPS) is 14.3. The van der Waals surface area contributed by atoms with Gasteiger partial charge >= 0.3 is 11.9 Å². The standard InChI is InChI=1S/C29H34N2O5.C14H13NO4/c1-20-5-7-23-24(29(33)34-2)18-28(32)31(25(23)16-20)11-3-4-21-9-12-30(13-10-21)19-22-6-8-26-27(17-22)36-15-14-35-26;1-9-3-4-10-11(14(18)19-2)8-13(17)15(5-6-16)12(10)7-9/h5-8,16-18,21H,3-4,9-15,19H2,1-2H3;3-4,6-8H,5H2,1-2H3. The number of pyridine rings is 2. The van der Waals surface area contributed by atoms with Crippen molar-refractivity contribution in [3.05, 3.63) is 115 Å². The van der Waals surface area contributed by atoms with E-state index in [1.165, 1.54) is 49.3 Å². The lowest BCUT2D eigenvalue weighted by Crippen LogP contribution is -2.33. The molecular weight excluding hydrogens is 702 g/mol. The molecular formula is C43H47N3O9. The highest BCUT2D eigenvalue weighted by molar-refractivity contribution is 6.04. The molecule has 2 aliphatic heterocycles. The molecule has 7 rings (SSSR count). The Balaban J connectivity index is 0.000000228. The molecule has 0 unspecified atom stereocenters. The maximum Gasteiger partial charge on any atom is 0.338 e. The van der Waals surface area contributed by atoms with Gasteiger partial charge in [0.05, 0.1) is 42.9 Å². The number of esters is 2. The van der Waals surface area contributed by atoms with Gasteiger partial charge in [-0.05, 0) is 99.5 Å². The molecule has 1 fully saturated rings. The number of aldehydes is 1. The zero-order valence-corrected chi connectivity index (χ0v) is 31.8. The molecule has 0 N–H and O–H groups in total. The second kappa shape index (κ2) is 17.6. The highest BCUT2D eigenvalue weighted by atomic mass is 16.6. The highest BCUT2D eigenvalue weighted by Gasteiger charge is 2.21. The zero-order chi connectivity index (χ0) is 39.1. The number of hydrogen-bond acceptors (Lipinski definition) is 10. The molecule has 5 aromatic rings. The number of carbonyl (C=O) groups excluding carboxylic acids is 3. The van der Waals surface area contributed by atoms with E-state index in [-0.39, 0.29) is 17.7 Å². The number of methoxy groups -OCH3 is 2. The molecule has 0 bridgehead atoms. The lowest BCUT2D eigenvalue weighted by atomic mass is 9.92. The van der Waals surface area contributed by atoms with Crippen LogP contribution in [0.1, 0.15) is 63.1 Å². The quantitative estimate of drug-likeness (QED) is 0.126. The van der Waals surface area contributed by atoms with Crippen LogP contribution in [0.15, 0.2) is 76.3 Å². The molecule has 2 aromatic heterocycles. The highest BCUT2D eigenvalue weighted by Crippen LogP contribution is 2.32. The van der Waals surface area contributed by atoms with Crippen molar-refractivity contribution < 1.29 is 33.3 Å². The lowest BCUT2D eigenvalue weighted by Gasteiger charge is -2.32. The molecule has 0 radical (unpaired) electrons. The van der Waals surface area contributed by atoms with Crippen molar-refractivity contribution in [2.45, 2.75) is 59.2 Å². The number of fused-ring (bicyclic) bond motifs is 3. The summed E-state index contributed by atoms with van der Waals surface area (Å²) in [5.41, 5.74) is 4.61. The molecule has 0 saturated carbocycles. The van der Waals surface area contributed by atoms with Crippen molar-refractivity contribution in [2.75, 3.05) is 40.5 Å². The average Bonchev–Trinajstić information content (AvgIpc) is 3.19. The molecule has 0 amide bonds. The first kappa shape index (κ1) is 39.0. The van der Waals surface area contributed by atoms with Gasteiger partial charge in [-0.3, -0.25) is 14.5 Å². The van der Waals surface area contributed by atoms with Gasteiger partial charge in [0, 0.05) is 36.0 Å². The second-order valence-electron chi connectivity index (χ2n) is 14.1. The summed E-state index contributed by atoms with van der Waals surface area (Å²) in [6.07, 6.45) is 5.02. The van der Waals surface area contributed by atoms with E-state index in [1.54, 1.807) is 12.1 Å². The molecule has 288 valence electrons. The van der Waals surface area contributed by atoms with Gasteiger partial charge in [0.25, 0.3) is 11.1 Å². The van der Waals surface area contributed by atoms with E-state index < -0.39 is 17.5 Å². The molecule has 55 heavy (non-hydrogen) atoms. The number of ether oxygens (including phenoxy) is 4. The fraction of sp³-hybridized carbons (Fsp3) is 0.372. The molecule has 12 nitrogen and oxygen atoms in total. The Morgan fingerprint density at radius 2 is 1.31 bits per heavy atom. The third-order valence-electron chi connectivity index (χ3n) is 10.3. The third-order valence-corrected chi connectivity index (χ3v) is 10.3. The summed E-state index contributed by atoms with van der Waals surface area (Å²) in [6, 6.07) is 20.1. The molecule has 0 spiro atoms. The Hall–Kier alpha value is -5.75. The predicted octanol–water partition coefficient (Wildman–Crippen LogP) is 5.86. The van der Waals surface area contributed by atoms with E-state index in [4.69, 9.17) is 14.2 Å². The topological polar surface area (TPSA) is 135 Å². The number of piperidine rings is 1. The number of aromatic nitrogens is 2. The van der Waals surface area contributed by atoms with Crippen LogP contribution in [0.3, 0.4) is 0 Å². The lowest BCUT2D eigenvalue weighted by molar-refractivity contribution is -0.108. The van der Waals surface area contributed by atoms with Crippen LogP contribution in [0.4, 0.5) is 0 Å². The Bertz CT molecular complexity index is 2340. The fourth-order valence-electron chi connectivity index (χ4n) is 7.45. The van der Waals surface area contributed by atoms with Crippen LogP contribution in [0.2, 0.25) is 0 Å². The largest absolute Gasteiger partial charge is 0.486 e. The maximum absolute atomic E-state index is 12.9. The SMILES string of the molecule is COC(=O)c1cc(=O)n(CC=O)c2cc(C)ccc12.COC(=O)c1cc(=O)n(CCCC2CCN(Cc3ccc4c(c3)OCCO4)CC2)c2cc(C)ccc12. The first-order valence-corrected chi connectivity index (χ1v) is 18.6. The summed E-state index contributed by atoms with van der Waals surface area (Å²) in [5, 5.41) is 1.36. The van der Waals surface area contributed by atoms with Gasteiger partial charge in [0.1, 0.15) is 19.5 Å². The van der Waals surface area contributed by atoms with Crippen molar-refractivity contribution in [1.82, 2.24) is 14.0 Å². The summed E-state index contributed by atoms with van der Waals surface area (Å²) >= 11 is 0. The number of rotatable bonds is 10. The smallest absolute Gasteiger partial charge is 0.338 e. The van der Waals surface area contributed by atoms with E-state index in [0.717, 1.165) is 66.0 Å². The van der Waals surface area contributed by atoms with Crippen LogP contribution in [-0.4, -0.2) is 72.8 Å². The predicted molar refractivity (Wildman–Crippen MR) is 209 cm³/mol. The number of aryl methyl sites for hydroxylation is 3. The number of likely N-dealkylation sites (tertiary alicyclic amines) is 1. The number of hydrogen-bond donors (Lipinski definition) is 0. The van der Waals surface area contributed by atoms with Crippen LogP contribution in [0.5, 0.6) is 11.5 Å². The van der Waals surface area contributed by atoms with Gasteiger partial charge in [-0.15, -0.1) is 0 Å². The van der Waals surface area contributed by atoms with Crippen molar-refractivity contribution in [1.29, 1.82) is 0 Å². The summed E-state index contributed by atoms with van der Waals surface area (Å²) < 4.78 is 24.1. The summed E-state index contributed by atoms with van der Waals surface area (Å²) in [5.74, 6) is 1.32. The Morgan fingerprint density at radius 3 is 1.89 bits per heavy atom. The van der Waals surface area contributed by atoms with Crippen LogP contribution in [-0.2, 0) is 33.9 Å². The van der Waals surface area contributed by atoms with E-state index >= 15 is 0 Å². The molecule has 2 aliphatic rings. The molecule has 1 saturated heterocycles. The van der Waals surface area contributed by atoms with Crippen molar-refractivity contribution in [2.24, 2.45) is 5.92 Å². The summed E-state index contributed by atoms with van der Waals surface area (Å²) in [4.78, 5) is 62.0. The zero-order valence-electron chi connectivity index (χ0n) is 31.8. The molecule has 0 aliphatic carbocycles. The fourth-order valence-corrected chi connectivity index (χ4v) is 7.45. The van der Waals surface area contributed by atoms with Gasteiger partial charge in [0.2, 0.25) is 0 Å². The van der Waals surface area contributed by atoms with Crippen LogP contribution >= 0.6 is 0 Å². The van der Waals surface area contributed by atoms with Crippen LogP contribution in [0.25, 0.3) is 21.8 Å². The number of nitrogens with zero attached hydrogens (tertiary/aromatic N) is 3.